The molecule has 2 aromatic carbocycles. The van der Waals surface area contributed by atoms with Crippen LogP contribution in [0.4, 0.5) is 15.0 Å². The summed E-state index contributed by atoms with van der Waals surface area (Å²) < 4.78 is 47.1. The Kier molecular flexibility index (Phi) is 7.68. The highest BCUT2D eigenvalue weighted by Crippen LogP contribution is 2.37. The first kappa shape index (κ1) is 29.4. The number of hydrogen-bond acceptors (Lipinski definition) is 8. The lowest BCUT2D eigenvalue weighted by atomic mass is 10.0. The van der Waals surface area contributed by atoms with Crippen molar-refractivity contribution in [3.63, 3.8) is 0 Å². The van der Waals surface area contributed by atoms with Gasteiger partial charge in [-0.1, -0.05) is 41.9 Å². The molecule has 2 aromatic heterocycles. The maximum atomic E-state index is 16.3. The van der Waals surface area contributed by atoms with Gasteiger partial charge in [0.2, 0.25) is 21.5 Å². The Hall–Kier alpha value is -4.08. The fourth-order valence-corrected chi connectivity index (χ4v) is 5.77. The number of fused-ring (bicyclic) bond motifs is 2. The number of ether oxygens (including phenoxy) is 1. The molecule has 0 radical (unpaired) electrons. The molecule has 1 aliphatic rings. The molecule has 0 N–H and O–H groups in total. The van der Waals surface area contributed by atoms with Crippen molar-refractivity contribution >= 4 is 55.0 Å². The molecule has 1 fully saturated rings. The maximum Gasteiger partial charge on any atom is 0.410 e. The Bertz CT molecular complexity index is 1870. The van der Waals surface area contributed by atoms with E-state index in [2.05, 4.69) is 19.8 Å². The van der Waals surface area contributed by atoms with Gasteiger partial charge in [-0.3, -0.25) is 9.88 Å². The van der Waals surface area contributed by atoms with Crippen molar-refractivity contribution in [2.45, 2.75) is 37.6 Å². The fourth-order valence-electron chi connectivity index (χ4n) is 4.98. The highest BCUT2D eigenvalue weighted by atomic mass is 35.5. The van der Waals surface area contributed by atoms with Crippen LogP contribution in [0.25, 0.3) is 37.8 Å². The van der Waals surface area contributed by atoms with Gasteiger partial charge in [0, 0.05) is 48.1 Å². The summed E-state index contributed by atoms with van der Waals surface area (Å²) in [5.74, 6) is -0.674. The Morgan fingerprint density at radius 3 is 2.57 bits per heavy atom. The molecule has 4 aromatic rings. The Morgan fingerprint density at radius 2 is 1.90 bits per heavy atom. The van der Waals surface area contributed by atoms with Gasteiger partial charge >= 0.3 is 6.09 Å². The van der Waals surface area contributed by atoms with E-state index in [4.69, 9.17) is 22.9 Å². The highest BCUT2D eigenvalue weighted by Gasteiger charge is 2.37. The number of aromatic nitrogens is 3. The molecule has 0 saturated carbocycles. The summed E-state index contributed by atoms with van der Waals surface area (Å²) in [6, 6.07) is 10.1. The molecule has 218 valence electrons. The van der Waals surface area contributed by atoms with E-state index in [9.17, 15) is 13.2 Å². The van der Waals surface area contributed by atoms with Crippen LogP contribution < -0.4 is 4.90 Å². The van der Waals surface area contributed by atoms with Gasteiger partial charge in [-0.2, -0.15) is 0 Å². The second-order valence-electron chi connectivity index (χ2n) is 11.0. The number of hydrogen-bond donors (Lipinski definition) is 0. The number of carbonyl (C=O) groups is 1. The van der Waals surface area contributed by atoms with Crippen LogP contribution in [-0.4, -0.2) is 78.4 Å². The van der Waals surface area contributed by atoms with E-state index in [0.29, 0.717) is 16.0 Å². The van der Waals surface area contributed by atoms with Crippen LogP contribution in [0.2, 0.25) is 5.02 Å². The Labute approximate surface area is 247 Å². The van der Waals surface area contributed by atoms with Gasteiger partial charge in [-0.15, -0.1) is 0 Å². The monoisotopic (exact) mass is 610 g/mol. The minimum Gasteiger partial charge on any atom is -0.444 e. The lowest BCUT2D eigenvalue weighted by molar-refractivity contribution is 0.0156. The summed E-state index contributed by atoms with van der Waals surface area (Å²) in [5, 5.41) is 1.45. The molecule has 1 amide bonds. The van der Waals surface area contributed by atoms with E-state index in [-0.39, 0.29) is 48.6 Å². The van der Waals surface area contributed by atoms with E-state index < -0.39 is 38.5 Å². The third-order valence-electron chi connectivity index (χ3n) is 6.80. The predicted octanol–water partition coefficient (Wildman–Crippen LogP) is 5.39. The van der Waals surface area contributed by atoms with Gasteiger partial charge in [-0.25, -0.2) is 34.1 Å². The van der Waals surface area contributed by atoms with Gasteiger partial charge in [-0.05, 0) is 32.2 Å². The largest absolute Gasteiger partial charge is 0.444 e. The molecule has 1 atom stereocenters. The van der Waals surface area contributed by atoms with E-state index in [1.807, 2.05) is 12.1 Å². The second-order valence-corrected chi connectivity index (χ2v) is 13.4. The highest BCUT2D eigenvalue weighted by molar-refractivity contribution is 7.90. The van der Waals surface area contributed by atoms with Crippen molar-refractivity contribution < 1.29 is 22.3 Å². The SMILES string of the molecule is [C-]#[N+]C[C@H]1CN(c2nc(S(C)(=O)=O)nc3c(F)c(-c4cccc5cccc(Cl)c45)ncc23)CCN1C(=O)OC(C)(C)C. The van der Waals surface area contributed by atoms with Crippen LogP contribution >= 0.6 is 11.6 Å². The number of pyridine rings is 1. The summed E-state index contributed by atoms with van der Waals surface area (Å²) in [5.41, 5.74) is -0.544. The van der Waals surface area contributed by atoms with Crippen molar-refractivity contribution in [1.29, 1.82) is 0 Å². The molecule has 3 heterocycles. The van der Waals surface area contributed by atoms with Gasteiger partial charge in [0.15, 0.2) is 5.82 Å². The minimum atomic E-state index is -3.95. The summed E-state index contributed by atoms with van der Waals surface area (Å²) in [6.45, 7) is 13.2. The Morgan fingerprint density at radius 1 is 1.19 bits per heavy atom. The van der Waals surface area contributed by atoms with Crippen LogP contribution in [0, 0.1) is 12.4 Å². The minimum absolute atomic E-state index is 0.0176. The zero-order chi connectivity index (χ0) is 30.4. The molecule has 1 saturated heterocycles. The molecule has 13 heteroatoms. The zero-order valence-electron chi connectivity index (χ0n) is 23.4. The quantitative estimate of drug-likeness (QED) is 0.224. The number of anilines is 1. The van der Waals surface area contributed by atoms with Gasteiger partial charge in [0.25, 0.3) is 0 Å². The standard InChI is InChI=1S/C29H28ClFN6O4S/c1-29(2,3)41-28(38)37-13-12-36(16-18(37)14-32-4)26-20-15-33-24(23(31)25(20)34-27(35-26)42(5,39)40)19-10-6-8-17-9-7-11-21(30)22(17)19/h6-11,15,18H,12-14,16H2,1-3,5H3/t18-/m0/s1. The van der Waals surface area contributed by atoms with Crippen LogP contribution in [0.15, 0.2) is 47.8 Å². The number of carbonyl (C=O) groups excluding carboxylic acids is 1. The predicted molar refractivity (Wildman–Crippen MR) is 159 cm³/mol. The summed E-state index contributed by atoms with van der Waals surface area (Å²) in [6.07, 6.45) is 1.81. The average molecular weight is 611 g/mol. The molecule has 10 nitrogen and oxygen atoms in total. The van der Waals surface area contributed by atoms with Crippen molar-refractivity contribution in [1.82, 2.24) is 19.9 Å². The van der Waals surface area contributed by atoms with Crippen LogP contribution in [0.3, 0.4) is 0 Å². The molecular formula is C29H28ClFN6O4S. The lowest BCUT2D eigenvalue weighted by Gasteiger charge is -2.40. The topological polar surface area (TPSA) is 110 Å². The first-order valence-corrected chi connectivity index (χ1v) is 15.4. The number of rotatable bonds is 4. The van der Waals surface area contributed by atoms with Crippen LogP contribution in [0.1, 0.15) is 20.8 Å². The van der Waals surface area contributed by atoms with Crippen molar-refractivity contribution in [2.24, 2.45) is 0 Å². The van der Waals surface area contributed by atoms with E-state index in [1.54, 1.807) is 49.9 Å². The maximum absolute atomic E-state index is 16.3. The second kappa shape index (κ2) is 11.0. The number of piperazine rings is 1. The first-order chi connectivity index (χ1) is 19.8. The number of amides is 1. The zero-order valence-corrected chi connectivity index (χ0v) is 25.0. The summed E-state index contributed by atoms with van der Waals surface area (Å²) in [4.78, 5) is 32.5. The fraction of sp³-hybridized carbons (Fsp3) is 0.345. The van der Waals surface area contributed by atoms with Crippen LogP contribution in [0.5, 0.6) is 0 Å². The van der Waals surface area contributed by atoms with Crippen molar-refractivity contribution in [3.05, 3.63) is 64.9 Å². The van der Waals surface area contributed by atoms with Gasteiger partial charge < -0.3 is 14.5 Å². The number of halogens is 2. The average Bonchev–Trinajstić information content (AvgIpc) is 2.91. The molecule has 0 bridgehead atoms. The third kappa shape index (κ3) is 5.67. The lowest BCUT2D eigenvalue weighted by Crippen LogP contribution is -2.57. The van der Waals surface area contributed by atoms with E-state index in [1.165, 1.54) is 11.1 Å². The number of benzene rings is 2. The number of nitrogens with zero attached hydrogens (tertiary/aromatic N) is 6. The van der Waals surface area contributed by atoms with Crippen molar-refractivity contribution in [3.8, 4) is 11.3 Å². The third-order valence-corrected chi connectivity index (χ3v) is 7.96. The molecular weight excluding hydrogens is 583 g/mol. The molecule has 5 rings (SSSR count). The van der Waals surface area contributed by atoms with Crippen molar-refractivity contribution in [2.75, 3.05) is 37.3 Å². The molecule has 0 aliphatic carbocycles. The van der Waals surface area contributed by atoms with E-state index in [0.717, 1.165) is 11.6 Å². The number of sulfone groups is 1. The molecule has 42 heavy (non-hydrogen) atoms. The normalized spacial score (nSPS) is 16.1. The molecule has 0 spiro atoms. The van der Waals surface area contributed by atoms with Crippen LogP contribution in [-0.2, 0) is 14.6 Å². The van der Waals surface area contributed by atoms with Gasteiger partial charge in [0.1, 0.15) is 28.7 Å². The van der Waals surface area contributed by atoms with Gasteiger partial charge in [0.05, 0.1) is 5.39 Å². The smallest absolute Gasteiger partial charge is 0.410 e. The molecule has 1 aliphatic heterocycles. The summed E-state index contributed by atoms with van der Waals surface area (Å²) in [7, 11) is -3.95. The molecule has 0 unspecified atom stereocenters. The first-order valence-electron chi connectivity index (χ1n) is 13.1. The van der Waals surface area contributed by atoms with E-state index >= 15 is 4.39 Å². The summed E-state index contributed by atoms with van der Waals surface area (Å²) >= 11 is 6.48. The Balaban J connectivity index is 1.64.